The molecule has 1 aromatic carbocycles. The fraction of sp³-hybridized carbons (Fsp3) is 0.0667. The van der Waals surface area contributed by atoms with Crippen molar-refractivity contribution in [3.05, 3.63) is 63.7 Å². The first-order chi connectivity index (χ1) is 9.61. The third kappa shape index (κ3) is 2.58. The normalized spacial score (nSPS) is 16.4. The van der Waals surface area contributed by atoms with Gasteiger partial charge in [-0.2, -0.15) is 0 Å². The number of aryl methyl sites for hydroxylation is 1. The molecule has 1 aromatic heterocycles. The summed E-state index contributed by atoms with van der Waals surface area (Å²) in [6.07, 6.45) is 1.69. The average molecular weight is 332 g/mol. The van der Waals surface area contributed by atoms with Crippen LogP contribution in [0.4, 0.5) is 0 Å². The summed E-state index contributed by atoms with van der Waals surface area (Å²) in [7, 11) is 0. The van der Waals surface area contributed by atoms with Crippen LogP contribution < -0.4 is 0 Å². The van der Waals surface area contributed by atoms with Gasteiger partial charge in [0.15, 0.2) is 16.1 Å². The molecule has 0 atom stereocenters. The number of aliphatic imine (C=N–C) groups is 1. The standard InChI is InChI=1S/C15H10BrNO3/c1-9-2-4-10(5-3-9)8-11-15(18)20-14(17-11)12-6-7-13(16)19-12/h2-8H,1H3/b11-8-. The van der Waals surface area contributed by atoms with Crippen molar-refractivity contribution in [1.29, 1.82) is 0 Å². The molecule has 0 fully saturated rings. The molecule has 2 heterocycles. The van der Waals surface area contributed by atoms with Gasteiger partial charge in [0.25, 0.3) is 5.90 Å². The number of carbonyl (C=O) groups excluding carboxylic acids is 1. The maximum atomic E-state index is 11.8. The summed E-state index contributed by atoms with van der Waals surface area (Å²) in [4.78, 5) is 15.9. The number of nitrogens with zero attached hydrogens (tertiary/aromatic N) is 1. The molecule has 4 nitrogen and oxygen atoms in total. The first kappa shape index (κ1) is 12.9. The number of hydrogen-bond donors (Lipinski definition) is 0. The van der Waals surface area contributed by atoms with Gasteiger partial charge in [-0.25, -0.2) is 9.79 Å². The van der Waals surface area contributed by atoms with Crippen molar-refractivity contribution < 1.29 is 13.9 Å². The highest BCUT2D eigenvalue weighted by molar-refractivity contribution is 9.10. The van der Waals surface area contributed by atoms with E-state index in [2.05, 4.69) is 20.9 Å². The maximum absolute atomic E-state index is 11.8. The molecule has 0 unspecified atom stereocenters. The molecule has 0 saturated carbocycles. The van der Waals surface area contributed by atoms with Gasteiger partial charge in [-0.05, 0) is 46.6 Å². The quantitative estimate of drug-likeness (QED) is 0.622. The number of hydrogen-bond acceptors (Lipinski definition) is 4. The summed E-state index contributed by atoms with van der Waals surface area (Å²) in [6.45, 7) is 2.01. The molecule has 1 aliphatic rings. The van der Waals surface area contributed by atoms with Crippen LogP contribution in [0.1, 0.15) is 16.9 Å². The Balaban J connectivity index is 1.92. The molecule has 1 aliphatic heterocycles. The van der Waals surface area contributed by atoms with Crippen LogP contribution in [0.5, 0.6) is 0 Å². The van der Waals surface area contributed by atoms with Gasteiger partial charge in [0.2, 0.25) is 0 Å². The third-order valence-corrected chi connectivity index (χ3v) is 3.21. The van der Waals surface area contributed by atoms with Crippen LogP contribution in [-0.2, 0) is 9.53 Å². The van der Waals surface area contributed by atoms with Gasteiger partial charge in [-0.3, -0.25) is 0 Å². The third-order valence-electron chi connectivity index (χ3n) is 2.79. The fourth-order valence-corrected chi connectivity index (χ4v) is 2.07. The SMILES string of the molecule is Cc1ccc(/C=C2\N=C(c3ccc(Br)o3)OC2=O)cc1. The van der Waals surface area contributed by atoms with Crippen LogP contribution in [0, 0.1) is 6.92 Å². The molecule has 0 saturated heterocycles. The predicted octanol–water partition coefficient (Wildman–Crippen LogP) is 3.70. The summed E-state index contributed by atoms with van der Waals surface area (Å²) in [6, 6.07) is 11.2. The van der Waals surface area contributed by atoms with E-state index in [1.807, 2.05) is 31.2 Å². The van der Waals surface area contributed by atoms with Gasteiger partial charge < -0.3 is 9.15 Å². The minimum absolute atomic E-state index is 0.180. The molecule has 0 radical (unpaired) electrons. The number of esters is 1. The molecular weight excluding hydrogens is 322 g/mol. The first-order valence-corrected chi connectivity index (χ1v) is 6.76. The van der Waals surface area contributed by atoms with Crippen molar-refractivity contribution in [3.63, 3.8) is 0 Å². The Morgan fingerprint density at radius 3 is 2.55 bits per heavy atom. The highest BCUT2D eigenvalue weighted by Gasteiger charge is 2.26. The summed E-state index contributed by atoms with van der Waals surface area (Å²) in [5.74, 6) is 0.115. The Morgan fingerprint density at radius 1 is 1.15 bits per heavy atom. The number of furan rings is 1. The van der Waals surface area contributed by atoms with Crippen molar-refractivity contribution in [3.8, 4) is 0 Å². The van der Waals surface area contributed by atoms with E-state index in [0.29, 0.717) is 10.4 Å². The molecule has 20 heavy (non-hydrogen) atoms. The minimum Gasteiger partial charge on any atom is -0.444 e. The zero-order valence-corrected chi connectivity index (χ0v) is 12.2. The van der Waals surface area contributed by atoms with Crippen molar-refractivity contribution >= 4 is 33.9 Å². The fourth-order valence-electron chi connectivity index (χ4n) is 1.76. The molecule has 2 aromatic rings. The molecule has 0 spiro atoms. The Labute approximate surface area is 123 Å². The predicted molar refractivity (Wildman–Crippen MR) is 78.2 cm³/mol. The smallest absolute Gasteiger partial charge is 0.363 e. The highest BCUT2D eigenvalue weighted by atomic mass is 79.9. The van der Waals surface area contributed by atoms with E-state index < -0.39 is 5.97 Å². The van der Waals surface area contributed by atoms with Crippen LogP contribution in [0.15, 0.2) is 56.2 Å². The molecular formula is C15H10BrNO3. The summed E-state index contributed by atoms with van der Waals surface area (Å²) in [5.41, 5.74) is 2.32. The van der Waals surface area contributed by atoms with Crippen molar-refractivity contribution in [2.24, 2.45) is 4.99 Å². The monoisotopic (exact) mass is 331 g/mol. The largest absolute Gasteiger partial charge is 0.444 e. The second-order valence-corrected chi connectivity index (χ2v) is 5.13. The lowest BCUT2D eigenvalue weighted by Crippen LogP contribution is -2.04. The first-order valence-electron chi connectivity index (χ1n) is 5.97. The number of halogens is 1. The summed E-state index contributed by atoms with van der Waals surface area (Å²) < 4.78 is 11.0. The van der Waals surface area contributed by atoms with E-state index in [9.17, 15) is 4.79 Å². The van der Waals surface area contributed by atoms with Gasteiger partial charge in [0, 0.05) is 0 Å². The van der Waals surface area contributed by atoms with Crippen molar-refractivity contribution in [2.75, 3.05) is 0 Å². The molecule has 0 aliphatic carbocycles. The average Bonchev–Trinajstić information content (AvgIpc) is 3.00. The second-order valence-electron chi connectivity index (χ2n) is 4.35. The van der Waals surface area contributed by atoms with E-state index in [-0.39, 0.29) is 11.6 Å². The molecule has 0 N–H and O–H groups in total. The highest BCUT2D eigenvalue weighted by Crippen LogP contribution is 2.22. The zero-order valence-electron chi connectivity index (χ0n) is 10.6. The molecule has 3 rings (SSSR count). The topological polar surface area (TPSA) is 51.8 Å². The Kier molecular flexibility index (Phi) is 3.28. The molecule has 100 valence electrons. The van der Waals surface area contributed by atoms with Gasteiger partial charge in [0.1, 0.15) is 0 Å². The van der Waals surface area contributed by atoms with Gasteiger partial charge in [-0.15, -0.1) is 0 Å². The Hall–Kier alpha value is -2.14. The van der Waals surface area contributed by atoms with Gasteiger partial charge in [-0.1, -0.05) is 29.8 Å². The van der Waals surface area contributed by atoms with Crippen molar-refractivity contribution in [2.45, 2.75) is 6.92 Å². The lowest BCUT2D eigenvalue weighted by Gasteiger charge is -1.95. The lowest BCUT2D eigenvalue weighted by atomic mass is 10.1. The maximum Gasteiger partial charge on any atom is 0.363 e. The molecule has 5 heteroatoms. The summed E-state index contributed by atoms with van der Waals surface area (Å²) >= 11 is 3.19. The van der Waals surface area contributed by atoms with Crippen molar-refractivity contribution in [1.82, 2.24) is 0 Å². The Bertz CT molecular complexity index is 726. The van der Waals surface area contributed by atoms with E-state index >= 15 is 0 Å². The van der Waals surface area contributed by atoms with Crippen LogP contribution in [-0.4, -0.2) is 11.9 Å². The second kappa shape index (κ2) is 5.09. The van der Waals surface area contributed by atoms with Crippen LogP contribution in [0.2, 0.25) is 0 Å². The molecule has 0 amide bonds. The van der Waals surface area contributed by atoms with Crippen LogP contribution in [0.25, 0.3) is 6.08 Å². The van der Waals surface area contributed by atoms with Crippen LogP contribution >= 0.6 is 15.9 Å². The zero-order chi connectivity index (χ0) is 14.1. The Morgan fingerprint density at radius 2 is 1.90 bits per heavy atom. The number of cyclic esters (lactones) is 1. The van der Waals surface area contributed by atoms with E-state index in [1.165, 1.54) is 0 Å². The number of rotatable bonds is 2. The number of carbonyl (C=O) groups is 1. The lowest BCUT2D eigenvalue weighted by molar-refractivity contribution is -0.130. The molecule has 0 bridgehead atoms. The van der Waals surface area contributed by atoms with Gasteiger partial charge in [0.05, 0.1) is 0 Å². The van der Waals surface area contributed by atoms with Gasteiger partial charge >= 0.3 is 5.97 Å². The van der Waals surface area contributed by atoms with E-state index in [1.54, 1.807) is 18.2 Å². The minimum atomic E-state index is -0.479. The van der Waals surface area contributed by atoms with E-state index in [4.69, 9.17) is 9.15 Å². The number of ether oxygens (including phenoxy) is 1. The van der Waals surface area contributed by atoms with E-state index in [0.717, 1.165) is 11.1 Å². The number of benzene rings is 1. The van der Waals surface area contributed by atoms with Crippen LogP contribution in [0.3, 0.4) is 0 Å². The summed E-state index contributed by atoms with van der Waals surface area (Å²) in [5, 5.41) is 0.